The zero-order valence-electron chi connectivity index (χ0n) is 10.2. The summed E-state index contributed by atoms with van der Waals surface area (Å²) in [5, 5.41) is 3.38. The van der Waals surface area contributed by atoms with Crippen molar-refractivity contribution in [1.29, 1.82) is 0 Å². The molecule has 3 N–H and O–H groups in total. The monoisotopic (exact) mass is 230 g/mol. The molecule has 0 amide bonds. The van der Waals surface area contributed by atoms with Crippen molar-refractivity contribution in [3.05, 3.63) is 42.2 Å². The molecule has 2 rings (SSSR count). The van der Waals surface area contributed by atoms with E-state index < -0.39 is 0 Å². The van der Waals surface area contributed by atoms with Crippen molar-refractivity contribution in [3.63, 3.8) is 0 Å². The van der Waals surface area contributed by atoms with Crippen LogP contribution in [-0.2, 0) is 6.54 Å². The maximum Gasteiger partial charge on any atom is 0.203 e. The Morgan fingerprint density at radius 3 is 3.00 bits per heavy atom. The SMILES string of the molecule is CCn1ccnc1NC(C)c1cccc(N)c1. The molecule has 1 atom stereocenters. The van der Waals surface area contributed by atoms with Crippen molar-refractivity contribution in [2.24, 2.45) is 0 Å². The normalized spacial score (nSPS) is 12.4. The van der Waals surface area contributed by atoms with Gasteiger partial charge >= 0.3 is 0 Å². The first kappa shape index (κ1) is 11.5. The molecule has 4 nitrogen and oxygen atoms in total. The Balaban J connectivity index is 2.14. The van der Waals surface area contributed by atoms with Gasteiger partial charge in [-0.25, -0.2) is 4.98 Å². The van der Waals surface area contributed by atoms with E-state index in [1.54, 1.807) is 6.20 Å². The van der Waals surface area contributed by atoms with Crippen molar-refractivity contribution < 1.29 is 0 Å². The average Bonchev–Trinajstić information content (AvgIpc) is 2.76. The lowest BCUT2D eigenvalue weighted by atomic mass is 10.1. The molecule has 0 aliphatic carbocycles. The first-order chi connectivity index (χ1) is 8.20. The van der Waals surface area contributed by atoms with Crippen LogP contribution < -0.4 is 11.1 Å². The molecule has 0 saturated carbocycles. The topological polar surface area (TPSA) is 55.9 Å². The second-order valence-corrected chi connectivity index (χ2v) is 4.07. The molecule has 1 aromatic carbocycles. The minimum absolute atomic E-state index is 0.186. The fraction of sp³-hybridized carbons (Fsp3) is 0.308. The summed E-state index contributed by atoms with van der Waals surface area (Å²) < 4.78 is 2.07. The highest BCUT2D eigenvalue weighted by Gasteiger charge is 2.08. The highest BCUT2D eigenvalue weighted by molar-refractivity contribution is 5.43. The summed E-state index contributed by atoms with van der Waals surface area (Å²) in [5.74, 6) is 0.891. The van der Waals surface area contributed by atoms with Crippen LogP contribution in [0.1, 0.15) is 25.5 Å². The number of aromatic nitrogens is 2. The Kier molecular flexibility index (Phi) is 3.32. The second kappa shape index (κ2) is 4.91. The molecular formula is C13H18N4. The van der Waals surface area contributed by atoms with E-state index in [4.69, 9.17) is 5.73 Å². The van der Waals surface area contributed by atoms with Crippen LogP contribution in [0.4, 0.5) is 11.6 Å². The molecule has 2 aromatic rings. The van der Waals surface area contributed by atoms with E-state index in [1.165, 1.54) is 0 Å². The summed E-state index contributed by atoms with van der Waals surface area (Å²) in [6, 6.07) is 8.09. The Hall–Kier alpha value is -1.97. The van der Waals surface area contributed by atoms with Gasteiger partial charge in [0.2, 0.25) is 5.95 Å². The summed E-state index contributed by atoms with van der Waals surface area (Å²) in [7, 11) is 0. The number of hydrogen-bond acceptors (Lipinski definition) is 3. The van der Waals surface area contributed by atoms with Crippen LogP contribution in [0, 0.1) is 0 Å². The highest BCUT2D eigenvalue weighted by Crippen LogP contribution is 2.19. The lowest BCUT2D eigenvalue weighted by molar-refractivity contribution is 0.744. The quantitative estimate of drug-likeness (QED) is 0.794. The number of hydrogen-bond donors (Lipinski definition) is 2. The number of aryl methyl sites for hydroxylation is 1. The van der Waals surface area contributed by atoms with Gasteiger partial charge in [0.05, 0.1) is 6.04 Å². The van der Waals surface area contributed by atoms with E-state index in [9.17, 15) is 0 Å². The van der Waals surface area contributed by atoms with Crippen LogP contribution in [0.15, 0.2) is 36.7 Å². The van der Waals surface area contributed by atoms with E-state index in [1.807, 2.05) is 24.4 Å². The van der Waals surface area contributed by atoms with Gasteiger partial charge in [-0.15, -0.1) is 0 Å². The van der Waals surface area contributed by atoms with Gasteiger partial charge in [-0.05, 0) is 31.5 Å². The van der Waals surface area contributed by atoms with E-state index >= 15 is 0 Å². The number of nitrogens with one attached hydrogen (secondary N) is 1. The molecule has 1 aromatic heterocycles. The van der Waals surface area contributed by atoms with Gasteiger partial charge in [-0.2, -0.15) is 0 Å². The van der Waals surface area contributed by atoms with Crippen LogP contribution in [0.25, 0.3) is 0 Å². The zero-order valence-corrected chi connectivity index (χ0v) is 10.2. The molecule has 1 heterocycles. The zero-order chi connectivity index (χ0) is 12.3. The molecule has 0 bridgehead atoms. The van der Waals surface area contributed by atoms with Crippen LogP contribution in [0.2, 0.25) is 0 Å². The third kappa shape index (κ3) is 2.58. The summed E-state index contributed by atoms with van der Waals surface area (Å²) in [6.45, 7) is 5.10. The second-order valence-electron chi connectivity index (χ2n) is 4.07. The predicted octanol–water partition coefficient (Wildman–Crippen LogP) is 2.66. The van der Waals surface area contributed by atoms with E-state index in [0.29, 0.717) is 0 Å². The van der Waals surface area contributed by atoms with Gasteiger partial charge in [-0.3, -0.25) is 0 Å². The minimum atomic E-state index is 0.186. The van der Waals surface area contributed by atoms with Crippen molar-refractivity contribution in [1.82, 2.24) is 9.55 Å². The molecule has 1 unspecified atom stereocenters. The number of nitrogens with two attached hydrogens (primary N) is 1. The molecule has 0 spiro atoms. The fourth-order valence-corrected chi connectivity index (χ4v) is 1.81. The molecule has 4 heteroatoms. The number of nitrogen functional groups attached to an aromatic ring is 1. The molecular weight excluding hydrogens is 212 g/mol. The van der Waals surface area contributed by atoms with Crippen LogP contribution in [-0.4, -0.2) is 9.55 Å². The third-order valence-corrected chi connectivity index (χ3v) is 2.81. The van der Waals surface area contributed by atoms with Gasteiger partial charge in [-0.1, -0.05) is 12.1 Å². The summed E-state index contributed by atoms with van der Waals surface area (Å²) in [4.78, 5) is 4.30. The largest absolute Gasteiger partial charge is 0.399 e. The van der Waals surface area contributed by atoms with Crippen molar-refractivity contribution in [2.45, 2.75) is 26.4 Å². The van der Waals surface area contributed by atoms with Gasteiger partial charge in [0.15, 0.2) is 0 Å². The maximum absolute atomic E-state index is 5.78. The Morgan fingerprint density at radius 2 is 2.29 bits per heavy atom. The number of anilines is 2. The van der Waals surface area contributed by atoms with Crippen molar-refractivity contribution in [3.8, 4) is 0 Å². The molecule has 0 saturated heterocycles. The van der Waals surface area contributed by atoms with E-state index in [-0.39, 0.29) is 6.04 Å². The standard InChI is InChI=1S/C13H18N4/c1-3-17-8-7-15-13(17)16-10(2)11-5-4-6-12(14)9-11/h4-10H,3,14H2,1-2H3,(H,15,16). The number of benzene rings is 1. The van der Waals surface area contributed by atoms with Crippen molar-refractivity contribution in [2.75, 3.05) is 11.1 Å². The van der Waals surface area contributed by atoms with Gasteiger partial charge in [0.25, 0.3) is 0 Å². The van der Waals surface area contributed by atoms with Gasteiger partial charge < -0.3 is 15.6 Å². The van der Waals surface area contributed by atoms with Crippen LogP contribution in [0.5, 0.6) is 0 Å². The Bertz CT molecular complexity index is 490. The third-order valence-electron chi connectivity index (χ3n) is 2.81. The van der Waals surface area contributed by atoms with E-state index in [2.05, 4.69) is 34.8 Å². The molecule has 0 aliphatic heterocycles. The first-order valence-electron chi connectivity index (χ1n) is 5.84. The Morgan fingerprint density at radius 1 is 1.47 bits per heavy atom. The molecule has 0 fully saturated rings. The van der Waals surface area contributed by atoms with Crippen molar-refractivity contribution >= 4 is 11.6 Å². The fourth-order valence-electron chi connectivity index (χ4n) is 1.81. The Labute approximate surface area is 101 Å². The van der Waals surface area contributed by atoms with Crippen LogP contribution >= 0.6 is 0 Å². The molecule has 0 aliphatic rings. The minimum Gasteiger partial charge on any atom is -0.399 e. The van der Waals surface area contributed by atoms with E-state index in [0.717, 1.165) is 23.7 Å². The summed E-state index contributed by atoms with van der Waals surface area (Å²) in [5.41, 5.74) is 7.73. The predicted molar refractivity (Wildman–Crippen MR) is 70.8 cm³/mol. The van der Waals surface area contributed by atoms with Crippen LogP contribution in [0.3, 0.4) is 0 Å². The first-order valence-corrected chi connectivity index (χ1v) is 5.84. The summed E-state index contributed by atoms with van der Waals surface area (Å²) in [6.07, 6.45) is 3.77. The number of imidazole rings is 1. The highest BCUT2D eigenvalue weighted by atomic mass is 15.2. The van der Waals surface area contributed by atoms with Gasteiger partial charge in [0.1, 0.15) is 0 Å². The summed E-state index contributed by atoms with van der Waals surface area (Å²) >= 11 is 0. The maximum atomic E-state index is 5.78. The smallest absolute Gasteiger partial charge is 0.203 e. The lowest BCUT2D eigenvalue weighted by Gasteiger charge is -2.16. The average molecular weight is 230 g/mol. The lowest BCUT2D eigenvalue weighted by Crippen LogP contribution is -2.11. The number of rotatable bonds is 4. The van der Waals surface area contributed by atoms with Gasteiger partial charge in [0, 0.05) is 24.6 Å². The number of nitrogens with zero attached hydrogens (tertiary/aromatic N) is 2. The molecule has 0 radical (unpaired) electrons. The molecule has 17 heavy (non-hydrogen) atoms. The molecule has 90 valence electrons.